The number of hydrogen-bond donors (Lipinski definition) is 5. The molecule has 41 heavy (non-hydrogen) atoms. The third-order valence-electron chi connectivity index (χ3n) is 6.73. The number of nitrogens with one attached hydrogen (secondary N) is 2. The molecule has 4 rings (SSSR count). The Kier molecular flexibility index (Phi) is 10.7. The first-order valence-corrected chi connectivity index (χ1v) is 13.3. The first kappa shape index (κ1) is 32.3. The molecule has 2 aliphatic rings. The molecule has 2 saturated heterocycles. The maximum Gasteiger partial charge on any atom is 0.490 e. The van der Waals surface area contributed by atoms with Gasteiger partial charge in [-0.2, -0.15) is 13.2 Å². The zero-order valence-corrected chi connectivity index (χ0v) is 23.3. The van der Waals surface area contributed by atoms with Gasteiger partial charge in [-0.05, 0) is 43.2 Å². The Balaban J connectivity index is 0.000000587. The second-order valence-corrected chi connectivity index (χ2v) is 10.4. The molecule has 2 aromatic rings. The molecule has 5 N–H and O–H groups in total. The van der Waals surface area contributed by atoms with Gasteiger partial charge in [-0.25, -0.2) is 4.79 Å². The molecule has 2 aromatic carbocycles. The van der Waals surface area contributed by atoms with Crippen LogP contribution < -0.4 is 15.5 Å². The van der Waals surface area contributed by atoms with E-state index in [2.05, 4.69) is 10.6 Å². The Hall–Kier alpha value is -3.26. The number of benzene rings is 2. The number of carboxylic acids is 1. The second-order valence-electron chi connectivity index (χ2n) is 9.52. The number of anilines is 1. The Morgan fingerprint density at radius 3 is 2.15 bits per heavy atom. The van der Waals surface area contributed by atoms with Gasteiger partial charge in [-0.1, -0.05) is 23.2 Å². The predicted octanol–water partition coefficient (Wildman–Crippen LogP) is 3.14. The fourth-order valence-electron chi connectivity index (χ4n) is 4.60. The molecule has 0 aliphatic carbocycles. The number of carboxylic acid groups (broad SMARTS) is 1. The first-order valence-electron chi connectivity index (χ1n) is 12.5. The van der Waals surface area contributed by atoms with E-state index in [-0.39, 0.29) is 34.7 Å². The maximum absolute atomic E-state index is 12.7. The number of piperidine rings is 1. The predicted molar refractivity (Wildman–Crippen MR) is 146 cm³/mol. The SMILES string of the molecule is CNC(=O)c1cc(Cl)c(O)cc1N1CC(NC2CCN(C(=O)c3ccc(Cl)cc3)CC2)[C@H](O)C1.O=C(O)C(F)(F)F. The number of hydrogen-bond acceptors (Lipinski definition) is 7. The second kappa shape index (κ2) is 13.6. The lowest BCUT2D eigenvalue weighted by atomic mass is 10.0. The van der Waals surface area contributed by atoms with Crippen LogP contribution in [0.3, 0.4) is 0 Å². The number of nitrogens with zero attached hydrogens (tertiary/aromatic N) is 2. The molecule has 2 aliphatic heterocycles. The van der Waals surface area contributed by atoms with Gasteiger partial charge in [0.2, 0.25) is 0 Å². The third-order valence-corrected chi connectivity index (χ3v) is 7.29. The molecule has 0 saturated carbocycles. The lowest BCUT2D eigenvalue weighted by Gasteiger charge is -2.34. The minimum atomic E-state index is -5.08. The van der Waals surface area contributed by atoms with Gasteiger partial charge in [0, 0.05) is 55.9 Å². The Morgan fingerprint density at radius 1 is 1.02 bits per heavy atom. The molecule has 0 spiro atoms. The Morgan fingerprint density at radius 2 is 1.61 bits per heavy atom. The smallest absolute Gasteiger partial charge is 0.490 e. The van der Waals surface area contributed by atoms with Crippen molar-refractivity contribution in [2.24, 2.45) is 0 Å². The number of amides is 2. The summed E-state index contributed by atoms with van der Waals surface area (Å²) in [4.78, 5) is 37.7. The van der Waals surface area contributed by atoms with Gasteiger partial charge < -0.3 is 35.8 Å². The van der Waals surface area contributed by atoms with Crippen molar-refractivity contribution in [3.05, 3.63) is 57.6 Å². The molecule has 2 heterocycles. The van der Waals surface area contributed by atoms with Gasteiger partial charge in [-0.15, -0.1) is 0 Å². The van der Waals surface area contributed by atoms with Crippen LogP contribution >= 0.6 is 23.2 Å². The number of β-amino-alcohol motifs (C(OH)–C–C–N with tert-alkyl or cyclic N) is 1. The summed E-state index contributed by atoms with van der Waals surface area (Å²) in [6, 6.07) is 9.75. The summed E-state index contributed by atoms with van der Waals surface area (Å²) in [5, 5.41) is 34.7. The van der Waals surface area contributed by atoms with Crippen molar-refractivity contribution in [2.45, 2.75) is 37.2 Å². The van der Waals surface area contributed by atoms with Crippen LogP contribution in [-0.2, 0) is 4.79 Å². The van der Waals surface area contributed by atoms with Crippen molar-refractivity contribution in [1.82, 2.24) is 15.5 Å². The first-order chi connectivity index (χ1) is 19.2. The molecule has 0 bridgehead atoms. The summed E-state index contributed by atoms with van der Waals surface area (Å²) in [6.07, 6.45) is -4.19. The summed E-state index contributed by atoms with van der Waals surface area (Å²) >= 11 is 11.9. The van der Waals surface area contributed by atoms with Crippen molar-refractivity contribution >= 4 is 46.7 Å². The molecule has 224 valence electrons. The van der Waals surface area contributed by atoms with E-state index >= 15 is 0 Å². The minimum Gasteiger partial charge on any atom is -0.506 e. The lowest BCUT2D eigenvalue weighted by Crippen LogP contribution is -2.50. The summed E-state index contributed by atoms with van der Waals surface area (Å²) in [7, 11) is 1.53. The monoisotopic (exact) mass is 620 g/mol. The number of carbonyl (C=O) groups is 3. The molecule has 10 nitrogen and oxygen atoms in total. The zero-order valence-electron chi connectivity index (χ0n) is 21.8. The number of aliphatic hydroxyl groups is 1. The summed E-state index contributed by atoms with van der Waals surface area (Å²) in [5.74, 6) is -3.20. The Bertz CT molecular complexity index is 1260. The van der Waals surface area contributed by atoms with Crippen molar-refractivity contribution in [2.75, 3.05) is 38.1 Å². The molecule has 0 radical (unpaired) electrons. The zero-order chi connectivity index (χ0) is 30.5. The largest absolute Gasteiger partial charge is 0.506 e. The van der Waals surface area contributed by atoms with E-state index in [1.165, 1.54) is 19.2 Å². The average molecular weight is 621 g/mol. The molecule has 2 fully saturated rings. The van der Waals surface area contributed by atoms with Crippen LogP contribution in [0.4, 0.5) is 18.9 Å². The van der Waals surface area contributed by atoms with E-state index in [1.807, 2.05) is 9.80 Å². The van der Waals surface area contributed by atoms with E-state index in [0.717, 1.165) is 12.8 Å². The van der Waals surface area contributed by atoms with Crippen LogP contribution in [0.1, 0.15) is 33.6 Å². The number of aromatic hydroxyl groups is 1. The van der Waals surface area contributed by atoms with E-state index in [4.69, 9.17) is 33.1 Å². The van der Waals surface area contributed by atoms with Crippen LogP contribution in [-0.4, -0.2) is 95.6 Å². The molecular formula is C26H29Cl2F3N4O6. The lowest BCUT2D eigenvalue weighted by molar-refractivity contribution is -0.192. The number of alkyl halides is 3. The van der Waals surface area contributed by atoms with Crippen LogP contribution in [0, 0.1) is 0 Å². The van der Waals surface area contributed by atoms with Crippen LogP contribution in [0.25, 0.3) is 0 Å². The standard InChI is InChI=1S/C24H28Cl2N4O4.C2HF3O2/c1-27-23(33)17-10-18(26)21(31)11-20(17)30-12-19(22(32)13-30)28-16-6-8-29(9-7-16)24(34)14-2-4-15(25)5-3-14;3-2(4,5)1(6)7/h2-5,10-11,16,19,22,28,31-32H,6-9,12-13H2,1H3,(H,27,33);(H,6,7)/t19?,22-;/m1./s1. The highest BCUT2D eigenvalue weighted by Crippen LogP contribution is 2.34. The Labute approximate surface area is 243 Å². The third kappa shape index (κ3) is 8.38. The highest BCUT2D eigenvalue weighted by atomic mass is 35.5. The number of phenols is 1. The van der Waals surface area contributed by atoms with E-state index in [9.17, 15) is 33.0 Å². The fraction of sp³-hybridized carbons (Fsp3) is 0.423. The molecule has 15 heteroatoms. The van der Waals surface area contributed by atoms with Gasteiger partial charge in [0.1, 0.15) is 5.75 Å². The normalized spacial score (nSPS) is 19.4. The number of aliphatic hydroxyl groups excluding tert-OH is 1. The van der Waals surface area contributed by atoms with Crippen LogP contribution in [0.15, 0.2) is 36.4 Å². The van der Waals surface area contributed by atoms with E-state index in [0.29, 0.717) is 48.0 Å². The number of likely N-dealkylation sites (tertiary alicyclic amines) is 1. The van der Waals surface area contributed by atoms with Crippen molar-refractivity contribution in [1.29, 1.82) is 0 Å². The number of rotatable bonds is 5. The molecule has 1 unspecified atom stereocenters. The highest BCUT2D eigenvalue weighted by Gasteiger charge is 2.38. The molecular weight excluding hydrogens is 592 g/mol. The van der Waals surface area contributed by atoms with Gasteiger partial charge in [0.15, 0.2) is 0 Å². The summed E-state index contributed by atoms with van der Waals surface area (Å²) < 4.78 is 31.7. The van der Waals surface area contributed by atoms with Gasteiger partial charge in [-0.3, -0.25) is 9.59 Å². The van der Waals surface area contributed by atoms with Crippen molar-refractivity contribution in [3.8, 4) is 5.75 Å². The maximum atomic E-state index is 12.7. The average Bonchev–Trinajstić information content (AvgIpc) is 3.29. The number of aliphatic carboxylic acids is 1. The highest BCUT2D eigenvalue weighted by molar-refractivity contribution is 6.32. The minimum absolute atomic E-state index is 0.00790. The topological polar surface area (TPSA) is 142 Å². The fourth-order valence-corrected chi connectivity index (χ4v) is 4.89. The van der Waals surface area contributed by atoms with Crippen LogP contribution in [0.2, 0.25) is 10.0 Å². The van der Waals surface area contributed by atoms with Gasteiger partial charge >= 0.3 is 12.1 Å². The summed E-state index contributed by atoms with van der Waals surface area (Å²) in [5.41, 5.74) is 1.48. The summed E-state index contributed by atoms with van der Waals surface area (Å²) in [6.45, 7) is 2.03. The van der Waals surface area contributed by atoms with Gasteiger partial charge in [0.25, 0.3) is 11.8 Å². The number of carbonyl (C=O) groups excluding carboxylic acids is 2. The van der Waals surface area contributed by atoms with Crippen molar-refractivity contribution in [3.63, 3.8) is 0 Å². The van der Waals surface area contributed by atoms with Gasteiger partial charge in [0.05, 0.1) is 28.4 Å². The van der Waals surface area contributed by atoms with Crippen LogP contribution in [0.5, 0.6) is 5.75 Å². The molecule has 2 atom stereocenters. The quantitative estimate of drug-likeness (QED) is 0.343. The van der Waals surface area contributed by atoms with Crippen molar-refractivity contribution < 1.29 is 42.9 Å². The van der Waals surface area contributed by atoms with E-state index in [1.54, 1.807) is 24.3 Å². The number of phenolic OH excluding ortho intramolecular Hbond substituents is 1. The number of halogens is 5. The molecule has 0 aromatic heterocycles. The molecule has 2 amide bonds. The van der Waals surface area contributed by atoms with E-state index < -0.39 is 18.2 Å².